The largest absolute Gasteiger partial charge is 0.455 e. The first kappa shape index (κ1) is 12.7. The van der Waals surface area contributed by atoms with E-state index >= 15 is 0 Å². The van der Waals surface area contributed by atoms with E-state index in [-0.39, 0.29) is 5.97 Å². The molecule has 3 heteroatoms. The lowest BCUT2D eigenvalue weighted by atomic mass is 9.90. The van der Waals surface area contributed by atoms with Crippen LogP contribution >= 0.6 is 0 Å². The van der Waals surface area contributed by atoms with Crippen molar-refractivity contribution in [2.75, 3.05) is 0 Å². The highest BCUT2D eigenvalue weighted by Crippen LogP contribution is 2.30. The summed E-state index contributed by atoms with van der Waals surface area (Å²) >= 11 is 0. The Morgan fingerprint density at radius 2 is 2.00 bits per heavy atom. The van der Waals surface area contributed by atoms with Gasteiger partial charge in [-0.15, -0.1) is 0 Å². The Hall–Kier alpha value is -1.35. The summed E-state index contributed by atoms with van der Waals surface area (Å²) < 4.78 is 5.34. The van der Waals surface area contributed by atoms with Crippen LogP contribution in [0.4, 0.5) is 0 Å². The maximum absolute atomic E-state index is 11.1. The third-order valence-corrected chi connectivity index (χ3v) is 2.44. The zero-order chi connectivity index (χ0) is 12.2. The summed E-state index contributed by atoms with van der Waals surface area (Å²) in [6.45, 7) is 4.88. The van der Waals surface area contributed by atoms with Crippen LogP contribution in [0.15, 0.2) is 30.3 Å². The first-order valence-electron chi connectivity index (χ1n) is 5.37. The Morgan fingerprint density at radius 1 is 1.44 bits per heavy atom. The highest BCUT2D eigenvalue weighted by atomic mass is 16.6. The van der Waals surface area contributed by atoms with Crippen molar-refractivity contribution >= 4 is 5.97 Å². The van der Waals surface area contributed by atoms with Gasteiger partial charge in [-0.1, -0.05) is 30.3 Å². The molecule has 0 aliphatic rings. The summed E-state index contributed by atoms with van der Waals surface area (Å²) in [5, 5.41) is 9.47. The SMILES string of the molecule is CC(=O)OC(C)(CC(C)O)c1ccccc1. The monoisotopic (exact) mass is 222 g/mol. The molecule has 16 heavy (non-hydrogen) atoms. The van der Waals surface area contributed by atoms with E-state index in [0.29, 0.717) is 6.42 Å². The van der Waals surface area contributed by atoms with E-state index < -0.39 is 11.7 Å². The molecule has 2 unspecified atom stereocenters. The van der Waals surface area contributed by atoms with Crippen molar-refractivity contribution in [3.63, 3.8) is 0 Å². The zero-order valence-electron chi connectivity index (χ0n) is 9.93. The summed E-state index contributed by atoms with van der Waals surface area (Å²) in [5.41, 5.74) is 0.132. The number of carbonyl (C=O) groups excluding carboxylic acids is 1. The molecule has 88 valence electrons. The second kappa shape index (κ2) is 5.12. The van der Waals surface area contributed by atoms with Crippen LogP contribution in [0.3, 0.4) is 0 Å². The van der Waals surface area contributed by atoms with Crippen molar-refractivity contribution in [3.05, 3.63) is 35.9 Å². The van der Waals surface area contributed by atoms with E-state index in [1.807, 2.05) is 37.3 Å². The van der Waals surface area contributed by atoms with Gasteiger partial charge in [-0.25, -0.2) is 0 Å². The number of ether oxygens (including phenoxy) is 1. The van der Waals surface area contributed by atoms with Crippen molar-refractivity contribution < 1.29 is 14.6 Å². The molecule has 0 spiro atoms. The molecule has 0 fully saturated rings. The van der Waals surface area contributed by atoms with Gasteiger partial charge in [0.2, 0.25) is 0 Å². The van der Waals surface area contributed by atoms with Gasteiger partial charge in [-0.2, -0.15) is 0 Å². The maximum atomic E-state index is 11.1. The van der Waals surface area contributed by atoms with Crippen LogP contribution in [0, 0.1) is 0 Å². The molecule has 1 N–H and O–H groups in total. The van der Waals surface area contributed by atoms with Gasteiger partial charge in [0.25, 0.3) is 0 Å². The maximum Gasteiger partial charge on any atom is 0.303 e. The standard InChI is InChI=1S/C13H18O3/c1-10(14)9-13(3,16-11(2)15)12-7-5-4-6-8-12/h4-8,10,14H,9H2,1-3H3. The summed E-state index contributed by atoms with van der Waals surface area (Å²) in [5.74, 6) is -0.341. The van der Waals surface area contributed by atoms with Crippen LogP contribution in [0.25, 0.3) is 0 Å². The minimum atomic E-state index is -0.763. The molecule has 3 nitrogen and oxygen atoms in total. The van der Waals surface area contributed by atoms with E-state index in [4.69, 9.17) is 4.74 Å². The highest BCUT2D eigenvalue weighted by Gasteiger charge is 2.31. The van der Waals surface area contributed by atoms with E-state index in [1.54, 1.807) is 6.92 Å². The molecule has 0 aromatic heterocycles. The predicted molar refractivity (Wildman–Crippen MR) is 61.9 cm³/mol. The van der Waals surface area contributed by atoms with Crippen LogP contribution in [-0.4, -0.2) is 17.2 Å². The fourth-order valence-corrected chi connectivity index (χ4v) is 1.89. The molecule has 1 rings (SSSR count). The number of esters is 1. The van der Waals surface area contributed by atoms with E-state index in [0.717, 1.165) is 5.56 Å². The Kier molecular flexibility index (Phi) is 4.07. The second-order valence-corrected chi connectivity index (χ2v) is 4.24. The number of benzene rings is 1. The quantitative estimate of drug-likeness (QED) is 0.795. The molecule has 0 saturated heterocycles. The molecule has 0 amide bonds. The van der Waals surface area contributed by atoms with Gasteiger partial charge in [-0.05, 0) is 19.4 Å². The molecular weight excluding hydrogens is 204 g/mol. The Labute approximate surface area is 96.1 Å². The molecule has 2 atom stereocenters. The average molecular weight is 222 g/mol. The van der Waals surface area contributed by atoms with Gasteiger partial charge >= 0.3 is 5.97 Å². The van der Waals surface area contributed by atoms with Crippen molar-refractivity contribution in [3.8, 4) is 0 Å². The number of hydrogen-bond donors (Lipinski definition) is 1. The predicted octanol–water partition coefficient (Wildman–Crippen LogP) is 2.24. The molecule has 0 heterocycles. The van der Waals surface area contributed by atoms with Crippen LogP contribution < -0.4 is 0 Å². The van der Waals surface area contributed by atoms with Crippen molar-refractivity contribution in [1.29, 1.82) is 0 Å². The minimum absolute atomic E-state index is 0.341. The van der Waals surface area contributed by atoms with Gasteiger partial charge in [-0.3, -0.25) is 4.79 Å². The lowest BCUT2D eigenvalue weighted by molar-refractivity contribution is -0.159. The first-order chi connectivity index (χ1) is 7.44. The van der Waals surface area contributed by atoms with E-state index in [1.165, 1.54) is 6.92 Å². The molecule has 0 aliphatic heterocycles. The average Bonchev–Trinajstić information content (AvgIpc) is 2.16. The summed E-state index contributed by atoms with van der Waals surface area (Å²) in [4.78, 5) is 11.1. The Morgan fingerprint density at radius 3 is 2.44 bits per heavy atom. The molecule has 0 bridgehead atoms. The van der Waals surface area contributed by atoms with Gasteiger partial charge in [0, 0.05) is 13.3 Å². The molecule has 1 aromatic carbocycles. The summed E-state index contributed by atoms with van der Waals surface area (Å²) in [6, 6.07) is 9.47. The minimum Gasteiger partial charge on any atom is -0.455 e. The number of hydrogen-bond acceptors (Lipinski definition) is 3. The second-order valence-electron chi connectivity index (χ2n) is 4.24. The normalized spacial score (nSPS) is 16.2. The smallest absolute Gasteiger partial charge is 0.303 e. The van der Waals surface area contributed by atoms with Gasteiger partial charge in [0.1, 0.15) is 5.60 Å². The van der Waals surface area contributed by atoms with Crippen LogP contribution in [-0.2, 0) is 15.1 Å². The van der Waals surface area contributed by atoms with E-state index in [2.05, 4.69) is 0 Å². The zero-order valence-corrected chi connectivity index (χ0v) is 9.93. The highest BCUT2D eigenvalue weighted by molar-refractivity contribution is 5.66. The van der Waals surface area contributed by atoms with Crippen molar-refractivity contribution in [2.24, 2.45) is 0 Å². The summed E-state index contributed by atoms with van der Waals surface area (Å²) in [7, 11) is 0. The molecule has 0 saturated carbocycles. The third-order valence-electron chi connectivity index (χ3n) is 2.44. The molecule has 0 aliphatic carbocycles. The number of rotatable bonds is 4. The van der Waals surface area contributed by atoms with E-state index in [9.17, 15) is 9.90 Å². The molecule has 0 radical (unpaired) electrons. The first-order valence-corrected chi connectivity index (χ1v) is 5.37. The fourth-order valence-electron chi connectivity index (χ4n) is 1.89. The topological polar surface area (TPSA) is 46.5 Å². The molecular formula is C13H18O3. The number of carbonyl (C=O) groups is 1. The fraction of sp³-hybridized carbons (Fsp3) is 0.462. The Bertz CT molecular complexity index is 345. The third kappa shape index (κ3) is 3.35. The van der Waals surface area contributed by atoms with Crippen LogP contribution in [0.5, 0.6) is 0 Å². The van der Waals surface area contributed by atoms with Crippen LogP contribution in [0.2, 0.25) is 0 Å². The number of aliphatic hydroxyl groups is 1. The molecule has 1 aromatic rings. The Balaban J connectivity index is 2.99. The van der Waals surface area contributed by atoms with Crippen molar-refractivity contribution in [1.82, 2.24) is 0 Å². The van der Waals surface area contributed by atoms with Gasteiger partial charge in [0.05, 0.1) is 6.10 Å². The lowest BCUT2D eigenvalue weighted by Gasteiger charge is -2.30. The van der Waals surface area contributed by atoms with Gasteiger partial charge < -0.3 is 9.84 Å². The summed E-state index contributed by atoms with van der Waals surface area (Å²) in [6.07, 6.45) is -0.138. The van der Waals surface area contributed by atoms with Crippen LogP contribution in [0.1, 0.15) is 32.8 Å². The lowest BCUT2D eigenvalue weighted by Crippen LogP contribution is -2.31. The van der Waals surface area contributed by atoms with Crippen molar-refractivity contribution in [2.45, 2.75) is 38.9 Å². The number of aliphatic hydroxyl groups excluding tert-OH is 1. The van der Waals surface area contributed by atoms with Gasteiger partial charge in [0.15, 0.2) is 0 Å².